The number of aromatic nitrogens is 1. The summed E-state index contributed by atoms with van der Waals surface area (Å²) in [5.74, 6) is -0.177. The molecule has 0 N–H and O–H groups in total. The van der Waals surface area contributed by atoms with E-state index in [-0.39, 0.29) is 12.6 Å². The number of esters is 1. The van der Waals surface area contributed by atoms with Crippen LogP contribution < -0.4 is 0 Å². The summed E-state index contributed by atoms with van der Waals surface area (Å²) in [6.45, 7) is 2.44. The zero-order valence-corrected chi connectivity index (χ0v) is 18.9. The van der Waals surface area contributed by atoms with Crippen molar-refractivity contribution in [1.29, 1.82) is 0 Å². The van der Waals surface area contributed by atoms with Gasteiger partial charge in [0.2, 0.25) is 0 Å². The van der Waals surface area contributed by atoms with Gasteiger partial charge in [-0.2, -0.15) is 0 Å². The predicted octanol–water partition coefficient (Wildman–Crippen LogP) is 7.60. The summed E-state index contributed by atoms with van der Waals surface area (Å²) in [6.07, 6.45) is 36.5. The van der Waals surface area contributed by atoms with E-state index in [4.69, 9.17) is 4.74 Å². The van der Waals surface area contributed by atoms with E-state index in [9.17, 15) is 4.79 Å². The number of hydrogen-bond donors (Lipinski definition) is 0. The average Bonchev–Trinajstić information content (AvgIpc) is 2.80. The van der Waals surface area contributed by atoms with Crippen molar-refractivity contribution in [2.24, 2.45) is 0 Å². The molecule has 1 rings (SSSR count). The Morgan fingerprint density at radius 3 is 1.81 bits per heavy atom. The van der Waals surface area contributed by atoms with Crippen molar-refractivity contribution in [3.05, 3.63) is 103 Å². The van der Waals surface area contributed by atoms with E-state index >= 15 is 0 Å². The zero-order valence-electron chi connectivity index (χ0n) is 18.9. The van der Waals surface area contributed by atoms with Gasteiger partial charge in [0.1, 0.15) is 6.61 Å². The normalized spacial score (nSPS) is 12.5. The monoisotopic (exact) mass is 419 g/mol. The standard InChI is InChI=1S/C28H37NO2/c1-2-3-4-5-6-7-8-9-10-11-12-13-14-15-16-17-18-19-20-23-28(30)31-26-27-22-21-24-29-25-27/h3-4,6-7,9-10,12-13,15-16,18-19,21-22,24-25H,2,5,8,11,14,17,20,23,26H2,1H3/b4-3-,7-6-,10-9-,13-12-,16-15-,19-18-. The molecule has 166 valence electrons. The molecular formula is C28H37NO2. The highest BCUT2D eigenvalue weighted by molar-refractivity contribution is 5.69. The lowest BCUT2D eigenvalue weighted by Crippen LogP contribution is -2.03. The molecule has 1 aromatic rings. The minimum absolute atomic E-state index is 0.177. The van der Waals surface area contributed by atoms with Crippen LogP contribution in [0.4, 0.5) is 0 Å². The highest BCUT2D eigenvalue weighted by atomic mass is 16.5. The fourth-order valence-electron chi connectivity index (χ4n) is 2.56. The number of hydrogen-bond acceptors (Lipinski definition) is 3. The maximum Gasteiger partial charge on any atom is 0.306 e. The fourth-order valence-corrected chi connectivity index (χ4v) is 2.56. The third kappa shape index (κ3) is 17.6. The number of rotatable bonds is 16. The topological polar surface area (TPSA) is 39.2 Å². The Kier molecular flexibility index (Phi) is 17.1. The summed E-state index contributed by atoms with van der Waals surface area (Å²) in [4.78, 5) is 15.7. The maximum atomic E-state index is 11.7. The summed E-state index contributed by atoms with van der Waals surface area (Å²) in [5, 5.41) is 0. The first kappa shape index (κ1) is 26.1. The van der Waals surface area contributed by atoms with Crippen molar-refractivity contribution >= 4 is 5.97 Å². The Morgan fingerprint density at radius 1 is 0.806 bits per heavy atom. The summed E-state index contributed by atoms with van der Waals surface area (Å²) in [7, 11) is 0. The molecule has 0 radical (unpaired) electrons. The van der Waals surface area contributed by atoms with Crippen LogP contribution in [0.1, 0.15) is 63.9 Å². The zero-order chi connectivity index (χ0) is 22.2. The second-order valence-corrected chi connectivity index (χ2v) is 6.98. The second-order valence-electron chi connectivity index (χ2n) is 6.98. The molecule has 31 heavy (non-hydrogen) atoms. The number of allylic oxidation sites excluding steroid dienone is 12. The van der Waals surface area contributed by atoms with Gasteiger partial charge >= 0.3 is 5.97 Å². The van der Waals surface area contributed by atoms with Crippen LogP contribution in [0.5, 0.6) is 0 Å². The second kappa shape index (κ2) is 20.3. The van der Waals surface area contributed by atoms with Gasteiger partial charge in [0.05, 0.1) is 0 Å². The highest BCUT2D eigenvalue weighted by Gasteiger charge is 2.01. The summed E-state index contributed by atoms with van der Waals surface area (Å²) in [6, 6.07) is 3.73. The van der Waals surface area contributed by atoms with Crippen molar-refractivity contribution in [3.63, 3.8) is 0 Å². The minimum atomic E-state index is -0.177. The molecule has 0 amide bonds. The quantitative estimate of drug-likeness (QED) is 0.204. The van der Waals surface area contributed by atoms with Crippen LogP contribution in [0, 0.1) is 0 Å². The summed E-state index contributed by atoms with van der Waals surface area (Å²) in [5.41, 5.74) is 0.907. The molecule has 0 aliphatic rings. The minimum Gasteiger partial charge on any atom is -0.461 e. The van der Waals surface area contributed by atoms with Gasteiger partial charge in [0.25, 0.3) is 0 Å². The number of ether oxygens (including phenoxy) is 1. The first-order valence-corrected chi connectivity index (χ1v) is 11.3. The van der Waals surface area contributed by atoms with Gasteiger partial charge in [-0.15, -0.1) is 0 Å². The molecule has 0 aliphatic heterocycles. The molecular weight excluding hydrogens is 382 g/mol. The van der Waals surface area contributed by atoms with E-state index < -0.39 is 0 Å². The average molecular weight is 420 g/mol. The van der Waals surface area contributed by atoms with Crippen molar-refractivity contribution < 1.29 is 9.53 Å². The molecule has 3 heteroatoms. The van der Waals surface area contributed by atoms with E-state index in [1.165, 1.54) is 0 Å². The van der Waals surface area contributed by atoms with Crippen molar-refractivity contribution in [2.45, 2.75) is 64.9 Å². The molecule has 1 heterocycles. The summed E-state index contributed by atoms with van der Waals surface area (Å²) >= 11 is 0. The Bertz CT molecular complexity index is 740. The first-order chi connectivity index (χ1) is 15.3. The molecule has 0 atom stereocenters. The van der Waals surface area contributed by atoms with E-state index in [2.05, 4.69) is 78.7 Å². The van der Waals surface area contributed by atoms with Gasteiger partial charge in [-0.25, -0.2) is 0 Å². The van der Waals surface area contributed by atoms with E-state index in [0.717, 1.165) is 44.1 Å². The Labute approximate surface area is 188 Å². The molecule has 0 aliphatic carbocycles. The number of nitrogens with zero attached hydrogens (tertiary/aromatic N) is 1. The van der Waals surface area contributed by atoms with E-state index in [1.54, 1.807) is 12.4 Å². The number of carbonyl (C=O) groups excluding carboxylic acids is 1. The third-order valence-electron chi connectivity index (χ3n) is 4.23. The first-order valence-electron chi connectivity index (χ1n) is 11.3. The molecule has 0 unspecified atom stereocenters. The summed E-state index contributed by atoms with van der Waals surface area (Å²) < 4.78 is 5.22. The van der Waals surface area contributed by atoms with Crippen LogP contribution in [0.25, 0.3) is 0 Å². The van der Waals surface area contributed by atoms with Crippen LogP contribution in [-0.4, -0.2) is 11.0 Å². The molecule has 0 spiro atoms. The smallest absolute Gasteiger partial charge is 0.306 e. The SMILES string of the molecule is CC/C=C\C/C=C\C/C=C\C/C=C\C/C=C\C/C=C\CCC(=O)OCc1cccnc1. The Morgan fingerprint density at radius 2 is 1.32 bits per heavy atom. The van der Waals surface area contributed by atoms with Crippen LogP contribution >= 0.6 is 0 Å². The van der Waals surface area contributed by atoms with E-state index in [1.807, 2.05) is 18.2 Å². The molecule has 0 aromatic carbocycles. The largest absolute Gasteiger partial charge is 0.461 e. The highest BCUT2D eigenvalue weighted by Crippen LogP contribution is 2.02. The van der Waals surface area contributed by atoms with E-state index in [0.29, 0.717) is 12.8 Å². The molecule has 0 fully saturated rings. The lowest BCUT2D eigenvalue weighted by molar-refractivity contribution is -0.144. The van der Waals surface area contributed by atoms with Crippen molar-refractivity contribution in [3.8, 4) is 0 Å². The molecule has 0 saturated carbocycles. The molecule has 0 saturated heterocycles. The van der Waals surface area contributed by atoms with Crippen LogP contribution in [-0.2, 0) is 16.1 Å². The van der Waals surface area contributed by atoms with Gasteiger partial charge in [-0.3, -0.25) is 9.78 Å². The maximum absolute atomic E-state index is 11.7. The molecule has 0 bridgehead atoms. The fraction of sp³-hybridized carbons (Fsp3) is 0.357. The number of carbonyl (C=O) groups is 1. The Balaban J connectivity index is 1.96. The van der Waals surface area contributed by atoms with Gasteiger partial charge in [-0.05, 0) is 51.0 Å². The predicted molar refractivity (Wildman–Crippen MR) is 131 cm³/mol. The van der Waals surface area contributed by atoms with Crippen molar-refractivity contribution in [2.75, 3.05) is 0 Å². The lowest BCUT2D eigenvalue weighted by atomic mass is 10.2. The van der Waals surface area contributed by atoms with Crippen LogP contribution in [0.15, 0.2) is 97.4 Å². The number of pyridine rings is 1. The molecule has 1 aromatic heterocycles. The van der Waals surface area contributed by atoms with Gasteiger partial charge in [-0.1, -0.05) is 85.9 Å². The van der Waals surface area contributed by atoms with Crippen molar-refractivity contribution in [1.82, 2.24) is 4.98 Å². The van der Waals surface area contributed by atoms with Gasteiger partial charge < -0.3 is 4.74 Å². The van der Waals surface area contributed by atoms with Gasteiger partial charge in [0.15, 0.2) is 0 Å². The lowest BCUT2D eigenvalue weighted by Gasteiger charge is -2.03. The van der Waals surface area contributed by atoms with Gasteiger partial charge in [0, 0.05) is 24.4 Å². The Hall–Kier alpha value is -2.94. The van der Waals surface area contributed by atoms with Crippen LogP contribution in [0.2, 0.25) is 0 Å². The third-order valence-corrected chi connectivity index (χ3v) is 4.23. The van der Waals surface area contributed by atoms with Crippen LogP contribution in [0.3, 0.4) is 0 Å². The molecule has 3 nitrogen and oxygen atoms in total.